The quantitative estimate of drug-likeness (QED) is 0.241. The highest BCUT2D eigenvalue weighted by Gasteiger charge is 2.31. The van der Waals surface area contributed by atoms with Gasteiger partial charge < -0.3 is 20.1 Å². The van der Waals surface area contributed by atoms with E-state index in [0.717, 1.165) is 51.9 Å². The van der Waals surface area contributed by atoms with Crippen molar-refractivity contribution in [3.05, 3.63) is 113 Å². The van der Waals surface area contributed by atoms with Crippen molar-refractivity contribution in [1.82, 2.24) is 0 Å². The summed E-state index contributed by atoms with van der Waals surface area (Å²) in [6.07, 6.45) is -1.52. The smallest absolute Gasteiger partial charge is 0.366 e. The normalized spacial score (nSPS) is 12.3. The predicted molar refractivity (Wildman–Crippen MR) is 169 cm³/mol. The lowest BCUT2D eigenvalue weighted by Gasteiger charge is -2.19. The Morgan fingerprint density at radius 2 is 1.00 bits per heavy atom. The molecule has 6 nitrogen and oxygen atoms in total. The number of rotatable bonds is 10. The van der Waals surface area contributed by atoms with Crippen LogP contribution in [0.5, 0.6) is 11.5 Å². The Balaban J connectivity index is 1.58. The number of carbonyl (C=O) groups is 2. The van der Waals surface area contributed by atoms with E-state index in [1.54, 1.807) is 13.8 Å². The second kappa shape index (κ2) is 14.1. The molecule has 4 aromatic carbocycles. The molecule has 0 heterocycles. The summed E-state index contributed by atoms with van der Waals surface area (Å²) in [5, 5.41) is 6.11. The number of nitrogens with one attached hydrogen (secondary N) is 2. The molecule has 2 amide bonds. The molecular formula is C36H40IN2O4+. The lowest BCUT2D eigenvalue weighted by molar-refractivity contribution is -0.599. The van der Waals surface area contributed by atoms with E-state index < -0.39 is 33.4 Å². The van der Waals surface area contributed by atoms with Gasteiger partial charge in [-0.25, -0.2) is 0 Å². The molecule has 4 rings (SSSR count). The number of anilines is 2. The van der Waals surface area contributed by atoms with E-state index in [1.807, 2.05) is 77.9 Å². The Morgan fingerprint density at radius 1 is 0.605 bits per heavy atom. The zero-order valence-electron chi connectivity index (χ0n) is 26.1. The van der Waals surface area contributed by atoms with Crippen molar-refractivity contribution in [3.63, 3.8) is 0 Å². The van der Waals surface area contributed by atoms with E-state index in [9.17, 15) is 9.59 Å². The fourth-order valence-electron chi connectivity index (χ4n) is 5.04. The molecule has 2 N–H and O–H groups in total. The van der Waals surface area contributed by atoms with Gasteiger partial charge >= 0.3 is 21.2 Å². The average molecular weight is 692 g/mol. The SMILES string of the molecule is Cc1cc(C)c(NC(=O)[C@@H](C)Oc2cccc(O[C@H](C)C(=O)Nc3c(C)cc(C)cc3C)c2[I+]c2ccccc2)c(C)c1. The lowest BCUT2D eigenvalue weighted by atomic mass is 10.0. The number of hydrogen-bond acceptors (Lipinski definition) is 4. The maximum atomic E-state index is 13.3. The molecule has 0 aromatic heterocycles. The van der Waals surface area contributed by atoms with Gasteiger partial charge in [-0.05, 0) is 102 Å². The van der Waals surface area contributed by atoms with E-state index in [1.165, 1.54) is 0 Å². The molecule has 0 saturated carbocycles. The first-order valence-electron chi connectivity index (χ1n) is 14.4. The molecule has 0 saturated heterocycles. The summed E-state index contributed by atoms with van der Waals surface area (Å²) in [5.74, 6) is 0.683. The summed E-state index contributed by atoms with van der Waals surface area (Å²) in [6, 6.07) is 23.9. The maximum absolute atomic E-state index is 13.3. The van der Waals surface area contributed by atoms with Crippen LogP contribution in [-0.2, 0) is 9.59 Å². The first-order valence-corrected chi connectivity index (χ1v) is 16.5. The van der Waals surface area contributed by atoms with E-state index in [4.69, 9.17) is 9.47 Å². The topological polar surface area (TPSA) is 76.7 Å². The molecule has 4 aromatic rings. The molecule has 0 fully saturated rings. The molecule has 0 spiro atoms. The maximum Gasteiger partial charge on any atom is 0.366 e. The second-order valence-corrected chi connectivity index (χ2v) is 13.9. The minimum Gasteiger partial charge on any atom is -0.476 e. The summed E-state index contributed by atoms with van der Waals surface area (Å²) in [4.78, 5) is 26.5. The van der Waals surface area contributed by atoms with Crippen molar-refractivity contribution in [1.29, 1.82) is 0 Å². The van der Waals surface area contributed by atoms with Crippen molar-refractivity contribution in [2.75, 3.05) is 10.6 Å². The monoisotopic (exact) mass is 691 g/mol. The van der Waals surface area contributed by atoms with E-state index in [2.05, 4.69) is 47.0 Å². The van der Waals surface area contributed by atoms with Crippen LogP contribution in [0.3, 0.4) is 0 Å². The molecule has 0 aliphatic heterocycles. The van der Waals surface area contributed by atoms with Gasteiger partial charge in [-0.1, -0.05) is 59.7 Å². The first-order chi connectivity index (χ1) is 20.4. The van der Waals surface area contributed by atoms with E-state index >= 15 is 0 Å². The predicted octanol–water partition coefficient (Wildman–Crippen LogP) is 4.48. The van der Waals surface area contributed by atoms with Crippen LogP contribution in [0.2, 0.25) is 0 Å². The third-order valence-electron chi connectivity index (χ3n) is 7.06. The third-order valence-corrected chi connectivity index (χ3v) is 10.0. The number of amides is 2. The van der Waals surface area contributed by atoms with Crippen molar-refractivity contribution in [3.8, 4) is 11.5 Å². The molecule has 0 unspecified atom stereocenters. The summed E-state index contributed by atoms with van der Waals surface area (Å²) >= 11 is -0.758. The third kappa shape index (κ3) is 8.16. The Bertz CT molecular complexity index is 1490. The Morgan fingerprint density at radius 3 is 1.40 bits per heavy atom. The van der Waals surface area contributed by atoms with Crippen LogP contribution in [0.1, 0.15) is 47.2 Å². The Labute approximate surface area is 265 Å². The first kappa shape index (κ1) is 32.1. The van der Waals surface area contributed by atoms with Crippen molar-refractivity contribution in [2.45, 2.75) is 67.6 Å². The molecule has 0 aliphatic carbocycles. The molecular weight excluding hydrogens is 651 g/mol. The number of ether oxygens (including phenoxy) is 2. The van der Waals surface area contributed by atoms with Gasteiger partial charge in [0.1, 0.15) is 0 Å². The van der Waals surface area contributed by atoms with Crippen molar-refractivity contribution in [2.24, 2.45) is 0 Å². The molecule has 2 atom stereocenters. The zero-order valence-corrected chi connectivity index (χ0v) is 28.3. The van der Waals surface area contributed by atoms with Gasteiger partial charge in [0, 0.05) is 11.4 Å². The van der Waals surface area contributed by atoms with Gasteiger partial charge in [-0.3, -0.25) is 9.59 Å². The standard InChI is InChI=1S/C36H39IN2O4/c1-21-17-23(3)33(24(4)18-21)38-35(40)27(7)42-30-15-12-16-31(32(30)37-29-13-10-9-11-14-29)43-28(8)36(41)39-34-25(5)19-22(2)20-26(34)6/h9-20,27-28H,1-8H3,(H-,38,39,40,41)/p+1/t27-,28-/m1/s1. The van der Waals surface area contributed by atoms with E-state index in [0.29, 0.717) is 11.5 Å². The van der Waals surface area contributed by atoms with E-state index in [-0.39, 0.29) is 11.8 Å². The Kier molecular flexibility index (Phi) is 10.5. The van der Waals surface area contributed by atoms with Gasteiger partial charge in [0.05, 0.1) is 0 Å². The van der Waals surface area contributed by atoms with Crippen LogP contribution in [-0.4, -0.2) is 24.0 Å². The van der Waals surface area contributed by atoms with Gasteiger partial charge in [0.2, 0.25) is 0 Å². The Hall–Kier alpha value is -3.85. The van der Waals surface area contributed by atoms with Crippen LogP contribution in [0.25, 0.3) is 0 Å². The highest BCUT2D eigenvalue weighted by Crippen LogP contribution is 2.26. The molecule has 0 bridgehead atoms. The second-order valence-electron chi connectivity index (χ2n) is 11.0. The number of benzene rings is 4. The van der Waals surface area contributed by atoms with Crippen LogP contribution >= 0.6 is 0 Å². The summed E-state index contributed by atoms with van der Waals surface area (Å²) < 4.78 is 14.7. The average Bonchev–Trinajstić information content (AvgIpc) is 2.94. The number of halogens is 1. The minimum absolute atomic E-state index is 0.234. The highest BCUT2D eigenvalue weighted by molar-refractivity contribution is 5.96. The molecule has 0 aliphatic rings. The molecule has 7 heteroatoms. The van der Waals surface area contributed by atoms with Crippen LogP contribution in [0.4, 0.5) is 11.4 Å². The summed E-state index contributed by atoms with van der Waals surface area (Å²) in [5.41, 5.74) is 7.93. The summed E-state index contributed by atoms with van der Waals surface area (Å²) in [7, 11) is 0. The summed E-state index contributed by atoms with van der Waals surface area (Å²) in [6.45, 7) is 15.5. The number of carbonyl (C=O) groups excluding carboxylic acids is 2. The fourth-order valence-corrected chi connectivity index (χ4v) is 7.59. The molecule has 224 valence electrons. The zero-order chi connectivity index (χ0) is 31.3. The van der Waals surface area contributed by atoms with Crippen molar-refractivity contribution < 1.29 is 40.3 Å². The molecule has 43 heavy (non-hydrogen) atoms. The van der Waals surface area contributed by atoms with Gasteiger partial charge in [0.25, 0.3) is 15.4 Å². The largest absolute Gasteiger partial charge is 0.476 e. The highest BCUT2D eigenvalue weighted by atomic mass is 127. The number of aryl methyl sites for hydroxylation is 6. The van der Waals surface area contributed by atoms with Gasteiger partial charge in [0.15, 0.2) is 27.3 Å². The van der Waals surface area contributed by atoms with Crippen LogP contribution < -0.4 is 41.3 Å². The van der Waals surface area contributed by atoms with Crippen molar-refractivity contribution >= 4 is 23.2 Å². The lowest BCUT2D eigenvalue weighted by Crippen LogP contribution is -3.61. The molecule has 0 radical (unpaired) electrons. The minimum atomic E-state index is -0.762. The van der Waals surface area contributed by atoms with Gasteiger partial charge in [-0.2, -0.15) is 0 Å². The van der Waals surface area contributed by atoms with Gasteiger partial charge in [-0.15, -0.1) is 0 Å². The van der Waals surface area contributed by atoms with Crippen LogP contribution in [0.15, 0.2) is 72.8 Å². The van der Waals surface area contributed by atoms with Crippen LogP contribution in [0, 0.1) is 48.7 Å². The fraction of sp³-hybridized carbons (Fsp3) is 0.278. The number of hydrogen-bond donors (Lipinski definition) is 2.